The quantitative estimate of drug-likeness (QED) is 0.770. The number of amides is 1. The summed E-state index contributed by atoms with van der Waals surface area (Å²) in [4.78, 5) is 28.6. The molecule has 8 nitrogen and oxygen atoms in total. The maximum absolute atomic E-state index is 12.3. The van der Waals surface area contributed by atoms with E-state index in [1.807, 2.05) is 4.90 Å². The van der Waals surface area contributed by atoms with Crippen molar-refractivity contribution in [2.75, 3.05) is 39.0 Å². The van der Waals surface area contributed by atoms with Gasteiger partial charge in [0, 0.05) is 26.2 Å². The van der Waals surface area contributed by atoms with Gasteiger partial charge in [0.2, 0.25) is 5.91 Å². The molecule has 3 rings (SSSR count). The van der Waals surface area contributed by atoms with E-state index in [0.717, 1.165) is 26.2 Å². The second kappa shape index (κ2) is 5.04. The maximum Gasteiger partial charge on any atom is 0.242 e. The summed E-state index contributed by atoms with van der Waals surface area (Å²) in [5.74, 6) is 0.412. The number of piperazine rings is 1. The minimum absolute atomic E-state index is 0.0783. The largest absolute Gasteiger partial charge is 0.382 e. The van der Waals surface area contributed by atoms with Crippen LogP contribution in [0.4, 0.5) is 5.82 Å². The Bertz CT molecular complexity index is 630. The Hall–Kier alpha value is -2.22. The van der Waals surface area contributed by atoms with Gasteiger partial charge >= 0.3 is 0 Å². The van der Waals surface area contributed by atoms with Crippen molar-refractivity contribution in [2.24, 2.45) is 0 Å². The molecule has 1 aliphatic heterocycles. The van der Waals surface area contributed by atoms with Crippen LogP contribution in [0.3, 0.4) is 0 Å². The molecule has 1 saturated heterocycles. The van der Waals surface area contributed by atoms with Gasteiger partial charge in [0.1, 0.15) is 18.4 Å². The average Bonchev–Trinajstić information content (AvgIpc) is 2.84. The van der Waals surface area contributed by atoms with Crippen molar-refractivity contribution in [1.29, 1.82) is 0 Å². The number of imidazole rings is 1. The van der Waals surface area contributed by atoms with E-state index in [0.29, 0.717) is 17.0 Å². The predicted molar refractivity (Wildman–Crippen MR) is 73.8 cm³/mol. The van der Waals surface area contributed by atoms with Crippen LogP contribution in [-0.2, 0) is 11.3 Å². The summed E-state index contributed by atoms with van der Waals surface area (Å²) < 4.78 is 1.72. The highest BCUT2D eigenvalue weighted by Crippen LogP contribution is 2.14. The Labute approximate surface area is 116 Å². The summed E-state index contributed by atoms with van der Waals surface area (Å²) in [6.07, 6.45) is 2.97. The van der Waals surface area contributed by atoms with Crippen molar-refractivity contribution in [3.05, 3.63) is 12.7 Å². The molecule has 8 heteroatoms. The molecule has 1 fully saturated rings. The molecular weight excluding hydrogens is 258 g/mol. The normalized spacial score (nSPS) is 16.8. The second-order valence-corrected chi connectivity index (χ2v) is 4.99. The number of carbonyl (C=O) groups excluding carboxylic acids is 1. The minimum Gasteiger partial charge on any atom is -0.382 e. The molecule has 1 amide bonds. The Morgan fingerprint density at radius 2 is 2.00 bits per heavy atom. The van der Waals surface area contributed by atoms with Crippen LogP contribution >= 0.6 is 0 Å². The summed E-state index contributed by atoms with van der Waals surface area (Å²) in [6, 6.07) is 0. The molecule has 20 heavy (non-hydrogen) atoms. The molecule has 106 valence electrons. The molecule has 1 aliphatic rings. The number of nitrogens with two attached hydrogens (primary N) is 1. The van der Waals surface area contributed by atoms with E-state index in [9.17, 15) is 4.79 Å². The zero-order chi connectivity index (χ0) is 14.1. The van der Waals surface area contributed by atoms with E-state index < -0.39 is 0 Å². The molecule has 0 saturated carbocycles. The van der Waals surface area contributed by atoms with Gasteiger partial charge in [-0.15, -0.1) is 0 Å². The number of nitrogens with zero attached hydrogens (tertiary/aromatic N) is 6. The van der Waals surface area contributed by atoms with E-state index in [2.05, 4.69) is 26.9 Å². The summed E-state index contributed by atoms with van der Waals surface area (Å²) in [5.41, 5.74) is 6.87. The topological polar surface area (TPSA) is 93.2 Å². The van der Waals surface area contributed by atoms with E-state index in [-0.39, 0.29) is 12.5 Å². The molecule has 0 spiro atoms. The average molecular weight is 275 g/mol. The standard InChI is InChI=1S/C12H17N7O/c1-17-2-4-18(5-3-17)9(20)6-19-8-16-10-11(13)14-7-15-12(10)19/h7-8H,2-6H2,1H3,(H2,13,14,15). The van der Waals surface area contributed by atoms with Crippen LogP contribution in [0.5, 0.6) is 0 Å². The fourth-order valence-corrected chi connectivity index (χ4v) is 2.32. The van der Waals surface area contributed by atoms with Gasteiger partial charge in [-0.05, 0) is 7.05 Å². The predicted octanol–water partition coefficient (Wildman–Crippen LogP) is -0.817. The molecule has 3 heterocycles. The van der Waals surface area contributed by atoms with Crippen LogP contribution in [0.25, 0.3) is 11.2 Å². The molecule has 2 aromatic rings. The molecule has 0 aliphatic carbocycles. The highest BCUT2D eigenvalue weighted by atomic mass is 16.2. The highest BCUT2D eigenvalue weighted by Gasteiger charge is 2.20. The van der Waals surface area contributed by atoms with Crippen molar-refractivity contribution in [3.8, 4) is 0 Å². The molecule has 0 atom stereocenters. The molecule has 0 unspecified atom stereocenters. The summed E-state index contributed by atoms with van der Waals surface area (Å²) in [5, 5.41) is 0. The van der Waals surface area contributed by atoms with Gasteiger partial charge in [0.25, 0.3) is 0 Å². The SMILES string of the molecule is CN1CCN(C(=O)Cn2cnc3c(N)ncnc32)CC1. The lowest BCUT2D eigenvalue weighted by Gasteiger charge is -2.32. The second-order valence-electron chi connectivity index (χ2n) is 4.99. The van der Waals surface area contributed by atoms with Gasteiger partial charge in [-0.2, -0.15) is 0 Å². The van der Waals surface area contributed by atoms with Crippen molar-refractivity contribution in [2.45, 2.75) is 6.54 Å². The zero-order valence-corrected chi connectivity index (χ0v) is 11.4. The third-order valence-electron chi connectivity index (χ3n) is 3.59. The number of carbonyl (C=O) groups is 1. The third kappa shape index (κ3) is 2.29. The first kappa shape index (κ1) is 12.8. The lowest BCUT2D eigenvalue weighted by Crippen LogP contribution is -2.48. The number of fused-ring (bicyclic) bond motifs is 1. The smallest absolute Gasteiger partial charge is 0.242 e. The van der Waals surface area contributed by atoms with Crippen molar-refractivity contribution in [1.82, 2.24) is 29.3 Å². The van der Waals surface area contributed by atoms with Crippen molar-refractivity contribution >= 4 is 22.9 Å². The molecule has 2 N–H and O–H groups in total. The molecule has 2 aromatic heterocycles. The summed E-state index contributed by atoms with van der Waals surface area (Å²) >= 11 is 0. The number of aromatic nitrogens is 4. The van der Waals surface area contributed by atoms with E-state index in [4.69, 9.17) is 5.73 Å². The first-order valence-electron chi connectivity index (χ1n) is 6.53. The Kier molecular flexibility index (Phi) is 3.23. The number of anilines is 1. The van der Waals surface area contributed by atoms with Crippen LogP contribution in [0.1, 0.15) is 0 Å². The van der Waals surface area contributed by atoms with Gasteiger partial charge in [0.05, 0.1) is 6.33 Å². The highest BCUT2D eigenvalue weighted by molar-refractivity contribution is 5.83. The minimum atomic E-state index is 0.0783. The Balaban J connectivity index is 1.76. The van der Waals surface area contributed by atoms with E-state index in [1.165, 1.54) is 6.33 Å². The summed E-state index contributed by atoms with van der Waals surface area (Å²) in [7, 11) is 2.06. The van der Waals surface area contributed by atoms with E-state index in [1.54, 1.807) is 10.9 Å². The fourth-order valence-electron chi connectivity index (χ4n) is 2.32. The van der Waals surface area contributed by atoms with Crippen LogP contribution in [0.2, 0.25) is 0 Å². The van der Waals surface area contributed by atoms with Crippen LogP contribution in [0, 0.1) is 0 Å². The first-order valence-corrected chi connectivity index (χ1v) is 6.53. The number of likely N-dealkylation sites (N-methyl/N-ethyl adjacent to an activating group) is 1. The van der Waals surface area contributed by atoms with Gasteiger partial charge in [-0.25, -0.2) is 15.0 Å². The molecular formula is C12H17N7O. The maximum atomic E-state index is 12.3. The van der Waals surface area contributed by atoms with Crippen LogP contribution in [-0.4, -0.2) is 68.5 Å². The lowest BCUT2D eigenvalue weighted by molar-refractivity contribution is -0.133. The Morgan fingerprint density at radius 1 is 1.25 bits per heavy atom. The van der Waals surface area contributed by atoms with Gasteiger partial charge in [-0.1, -0.05) is 0 Å². The molecule has 0 aromatic carbocycles. The van der Waals surface area contributed by atoms with Gasteiger partial charge < -0.3 is 20.1 Å². The van der Waals surface area contributed by atoms with Crippen LogP contribution < -0.4 is 5.73 Å². The van der Waals surface area contributed by atoms with Crippen molar-refractivity contribution < 1.29 is 4.79 Å². The zero-order valence-electron chi connectivity index (χ0n) is 11.4. The summed E-state index contributed by atoms with van der Waals surface area (Å²) in [6.45, 7) is 3.58. The van der Waals surface area contributed by atoms with Gasteiger partial charge in [-0.3, -0.25) is 4.79 Å². The Morgan fingerprint density at radius 3 is 2.75 bits per heavy atom. The number of hydrogen-bond acceptors (Lipinski definition) is 6. The van der Waals surface area contributed by atoms with Gasteiger partial charge in [0.15, 0.2) is 11.5 Å². The fraction of sp³-hybridized carbons (Fsp3) is 0.500. The molecule has 0 bridgehead atoms. The monoisotopic (exact) mass is 275 g/mol. The molecule has 0 radical (unpaired) electrons. The van der Waals surface area contributed by atoms with Crippen molar-refractivity contribution in [3.63, 3.8) is 0 Å². The number of rotatable bonds is 2. The van der Waals surface area contributed by atoms with Crippen LogP contribution in [0.15, 0.2) is 12.7 Å². The third-order valence-corrected chi connectivity index (χ3v) is 3.59. The number of hydrogen-bond donors (Lipinski definition) is 1. The lowest BCUT2D eigenvalue weighted by atomic mass is 10.3. The van der Waals surface area contributed by atoms with E-state index >= 15 is 0 Å². The number of nitrogen functional groups attached to an aromatic ring is 1. The first-order chi connectivity index (χ1) is 9.65.